The maximum atomic E-state index is 12.3. The highest BCUT2D eigenvalue weighted by molar-refractivity contribution is 5.95. The average molecular weight is 232 g/mol. The molecule has 1 amide bonds. The fourth-order valence-electron chi connectivity index (χ4n) is 2.20. The lowest BCUT2D eigenvalue weighted by Gasteiger charge is -2.30. The third-order valence-electron chi connectivity index (χ3n) is 3.47. The summed E-state index contributed by atoms with van der Waals surface area (Å²) in [5.41, 5.74) is 1.77. The Balaban J connectivity index is 2.08. The van der Waals surface area contributed by atoms with Crippen molar-refractivity contribution >= 4 is 11.6 Å². The second-order valence-electron chi connectivity index (χ2n) is 4.81. The summed E-state index contributed by atoms with van der Waals surface area (Å²) >= 11 is 0. The minimum absolute atomic E-state index is 0.161. The van der Waals surface area contributed by atoms with Crippen LogP contribution in [-0.2, 0) is 0 Å². The van der Waals surface area contributed by atoms with Crippen LogP contribution in [0.1, 0.15) is 30.1 Å². The van der Waals surface area contributed by atoms with Gasteiger partial charge in [-0.3, -0.25) is 4.79 Å². The number of anilines is 1. The van der Waals surface area contributed by atoms with Gasteiger partial charge in [0.05, 0.1) is 0 Å². The highest BCUT2D eigenvalue weighted by Crippen LogP contribution is 2.19. The van der Waals surface area contributed by atoms with Gasteiger partial charge >= 0.3 is 0 Å². The van der Waals surface area contributed by atoms with Crippen LogP contribution in [0.4, 0.5) is 5.69 Å². The van der Waals surface area contributed by atoms with Crippen LogP contribution in [0, 0.1) is 5.92 Å². The molecule has 2 rings (SSSR count). The Labute approximate surface area is 103 Å². The Hall–Kier alpha value is -1.51. The second-order valence-corrected chi connectivity index (χ2v) is 4.81. The van der Waals surface area contributed by atoms with Crippen LogP contribution in [0.15, 0.2) is 24.3 Å². The van der Waals surface area contributed by atoms with Crippen LogP contribution in [0.5, 0.6) is 0 Å². The maximum Gasteiger partial charge on any atom is 0.253 e. The molecule has 0 bridgehead atoms. The molecule has 1 saturated heterocycles. The number of likely N-dealkylation sites (tertiary alicyclic amines) is 1. The monoisotopic (exact) mass is 232 g/mol. The lowest BCUT2D eigenvalue weighted by Crippen LogP contribution is -2.37. The van der Waals surface area contributed by atoms with E-state index in [1.54, 1.807) is 0 Å². The standard InChI is InChI=1S/C14H20N2O/c1-11-6-8-16(9-7-11)14(17)12-4-3-5-13(10-12)15-2/h3-5,10-11,15H,6-9H2,1-2H3. The molecule has 0 saturated carbocycles. The predicted octanol–water partition coefficient (Wildman–Crippen LogP) is 2.60. The Kier molecular flexibility index (Phi) is 3.67. The van der Waals surface area contributed by atoms with Crippen molar-refractivity contribution in [3.63, 3.8) is 0 Å². The number of benzene rings is 1. The molecular formula is C14H20N2O. The predicted molar refractivity (Wildman–Crippen MR) is 70.3 cm³/mol. The van der Waals surface area contributed by atoms with Gasteiger partial charge in [-0.25, -0.2) is 0 Å². The van der Waals surface area contributed by atoms with Crippen molar-refractivity contribution in [2.24, 2.45) is 5.92 Å². The minimum atomic E-state index is 0.161. The van der Waals surface area contributed by atoms with Crippen LogP contribution < -0.4 is 5.32 Å². The van der Waals surface area contributed by atoms with E-state index < -0.39 is 0 Å². The molecule has 3 nitrogen and oxygen atoms in total. The molecule has 1 fully saturated rings. The third kappa shape index (κ3) is 2.78. The van der Waals surface area contributed by atoms with E-state index in [9.17, 15) is 4.79 Å². The Morgan fingerprint density at radius 3 is 2.71 bits per heavy atom. The van der Waals surface area contributed by atoms with E-state index in [-0.39, 0.29) is 5.91 Å². The Morgan fingerprint density at radius 1 is 1.35 bits per heavy atom. The van der Waals surface area contributed by atoms with Crippen molar-refractivity contribution in [2.45, 2.75) is 19.8 Å². The van der Waals surface area contributed by atoms with Crippen LogP contribution >= 0.6 is 0 Å². The van der Waals surface area contributed by atoms with Crippen molar-refractivity contribution in [1.29, 1.82) is 0 Å². The molecule has 1 aliphatic rings. The number of hydrogen-bond acceptors (Lipinski definition) is 2. The Morgan fingerprint density at radius 2 is 2.06 bits per heavy atom. The summed E-state index contributed by atoms with van der Waals surface area (Å²) in [4.78, 5) is 14.2. The molecule has 0 spiro atoms. The molecule has 1 N–H and O–H groups in total. The first kappa shape index (κ1) is 12.0. The number of rotatable bonds is 2. The van der Waals surface area contributed by atoms with Gasteiger partial charge in [-0.2, -0.15) is 0 Å². The summed E-state index contributed by atoms with van der Waals surface area (Å²) in [5, 5.41) is 3.06. The zero-order valence-corrected chi connectivity index (χ0v) is 10.6. The van der Waals surface area contributed by atoms with Crippen molar-refractivity contribution in [2.75, 3.05) is 25.5 Å². The summed E-state index contributed by atoms with van der Waals surface area (Å²) in [6.45, 7) is 4.04. The fraction of sp³-hybridized carbons (Fsp3) is 0.500. The smallest absolute Gasteiger partial charge is 0.253 e. The van der Waals surface area contributed by atoms with Crippen molar-refractivity contribution in [3.05, 3.63) is 29.8 Å². The highest BCUT2D eigenvalue weighted by Gasteiger charge is 2.21. The topological polar surface area (TPSA) is 32.3 Å². The first-order chi connectivity index (χ1) is 8.20. The lowest BCUT2D eigenvalue weighted by atomic mass is 9.98. The molecule has 1 heterocycles. The molecule has 1 aromatic carbocycles. The number of carbonyl (C=O) groups excluding carboxylic acids is 1. The zero-order chi connectivity index (χ0) is 12.3. The van der Waals surface area contributed by atoms with Crippen LogP contribution in [-0.4, -0.2) is 30.9 Å². The molecule has 1 aromatic rings. The van der Waals surface area contributed by atoms with Gasteiger partial charge in [-0.05, 0) is 37.0 Å². The molecule has 0 aliphatic carbocycles. The number of nitrogens with one attached hydrogen (secondary N) is 1. The van der Waals surface area contributed by atoms with Crippen LogP contribution in [0.25, 0.3) is 0 Å². The van der Waals surface area contributed by atoms with Crippen molar-refractivity contribution in [3.8, 4) is 0 Å². The molecule has 3 heteroatoms. The van der Waals surface area contributed by atoms with Gasteiger partial charge < -0.3 is 10.2 Å². The van der Waals surface area contributed by atoms with Crippen LogP contribution in [0.3, 0.4) is 0 Å². The number of piperidine rings is 1. The second kappa shape index (κ2) is 5.21. The van der Waals surface area contributed by atoms with E-state index >= 15 is 0 Å². The molecule has 17 heavy (non-hydrogen) atoms. The maximum absolute atomic E-state index is 12.3. The van der Waals surface area contributed by atoms with Gasteiger partial charge in [0.1, 0.15) is 0 Å². The van der Waals surface area contributed by atoms with E-state index in [0.717, 1.165) is 43.1 Å². The van der Waals surface area contributed by atoms with Gasteiger partial charge in [0.25, 0.3) is 5.91 Å². The summed E-state index contributed by atoms with van der Waals surface area (Å²) in [7, 11) is 1.87. The van der Waals surface area contributed by atoms with Crippen molar-refractivity contribution < 1.29 is 4.79 Å². The summed E-state index contributed by atoms with van der Waals surface area (Å²) in [6, 6.07) is 7.70. The highest BCUT2D eigenvalue weighted by atomic mass is 16.2. The minimum Gasteiger partial charge on any atom is -0.388 e. The van der Waals surface area contributed by atoms with Gasteiger partial charge in [-0.1, -0.05) is 13.0 Å². The van der Waals surface area contributed by atoms with Gasteiger partial charge in [0, 0.05) is 31.4 Å². The first-order valence-corrected chi connectivity index (χ1v) is 6.28. The van der Waals surface area contributed by atoms with Crippen LogP contribution in [0.2, 0.25) is 0 Å². The van der Waals surface area contributed by atoms with E-state index in [4.69, 9.17) is 0 Å². The molecule has 0 atom stereocenters. The van der Waals surface area contributed by atoms with E-state index in [2.05, 4.69) is 12.2 Å². The Bertz CT molecular complexity index is 395. The van der Waals surface area contributed by atoms with Gasteiger partial charge in [-0.15, -0.1) is 0 Å². The van der Waals surface area contributed by atoms with Gasteiger partial charge in [0.15, 0.2) is 0 Å². The molecular weight excluding hydrogens is 212 g/mol. The molecule has 0 aromatic heterocycles. The van der Waals surface area contributed by atoms with E-state index in [0.29, 0.717) is 0 Å². The normalized spacial score (nSPS) is 16.9. The molecule has 1 aliphatic heterocycles. The summed E-state index contributed by atoms with van der Waals surface area (Å²) in [6.07, 6.45) is 2.24. The van der Waals surface area contributed by atoms with E-state index in [1.165, 1.54) is 0 Å². The number of amides is 1. The van der Waals surface area contributed by atoms with Crippen molar-refractivity contribution in [1.82, 2.24) is 4.90 Å². The SMILES string of the molecule is CNc1cccc(C(=O)N2CCC(C)CC2)c1. The van der Waals surface area contributed by atoms with E-state index in [1.807, 2.05) is 36.2 Å². The summed E-state index contributed by atoms with van der Waals surface area (Å²) < 4.78 is 0. The summed E-state index contributed by atoms with van der Waals surface area (Å²) in [5.74, 6) is 0.914. The third-order valence-corrected chi connectivity index (χ3v) is 3.47. The molecule has 0 radical (unpaired) electrons. The number of nitrogens with zero attached hydrogens (tertiary/aromatic N) is 1. The number of hydrogen-bond donors (Lipinski definition) is 1. The fourth-order valence-corrected chi connectivity index (χ4v) is 2.20. The van der Waals surface area contributed by atoms with Gasteiger partial charge in [0.2, 0.25) is 0 Å². The molecule has 0 unspecified atom stereocenters. The largest absolute Gasteiger partial charge is 0.388 e. The zero-order valence-electron chi connectivity index (χ0n) is 10.6. The first-order valence-electron chi connectivity index (χ1n) is 6.28. The average Bonchev–Trinajstić information content (AvgIpc) is 2.39. The quantitative estimate of drug-likeness (QED) is 0.850. The lowest BCUT2D eigenvalue weighted by molar-refractivity contribution is 0.0697. The molecule has 92 valence electrons. The number of carbonyl (C=O) groups is 1.